The highest BCUT2D eigenvalue weighted by atomic mass is 79.9. The minimum atomic E-state index is -1.44. The maximum Gasteiger partial charge on any atom is 0.179 e. The summed E-state index contributed by atoms with van der Waals surface area (Å²) in [6.45, 7) is 3.13. The zero-order valence-electron chi connectivity index (χ0n) is 12.3. The number of rotatable bonds is 3. The van der Waals surface area contributed by atoms with E-state index >= 15 is 0 Å². The third kappa shape index (κ3) is 2.89. The molecular formula is C17H22BrNO2. The lowest BCUT2D eigenvalue weighted by Gasteiger charge is -2.37. The van der Waals surface area contributed by atoms with E-state index in [0.29, 0.717) is 11.6 Å². The zero-order chi connectivity index (χ0) is 15.0. The maximum atomic E-state index is 9.70. The SMILES string of the molecule is CCC1=Cc2c(C(O)O)cc(Br)cc2N(C2CCCC2)C1. The van der Waals surface area contributed by atoms with Crippen molar-refractivity contribution >= 4 is 27.7 Å². The van der Waals surface area contributed by atoms with Crippen LogP contribution in [0.15, 0.2) is 22.2 Å². The average molecular weight is 352 g/mol. The highest BCUT2D eigenvalue weighted by molar-refractivity contribution is 9.10. The second-order valence-electron chi connectivity index (χ2n) is 6.02. The van der Waals surface area contributed by atoms with Gasteiger partial charge in [0.1, 0.15) is 0 Å². The van der Waals surface area contributed by atoms with E-state index in [0.717, 1.165) is 28.7 Å². The van der Waals surface area contributed by atoms with Crippen molar-refractivity contribution in [3.63, 3.8) is 0 Å². The lowest BCUT2D eigenvalue weighted by atomic mass is 9.94. The number of hydrogen-bond acceptors (Lipinski definition) is 3. The van der Waals surface area contributed by atoms with Crippen molar-refractivity contribution in [2.45, 2.75) is 51.4 Å². The summed E-state index contributed by atoms with van der Waals surface area (Å²) in [5.41, 5.74) is 4.06. The van der Waals surface area contributed by atoms with Crippen LogP contribution in [-0.2, 0) is 0 Å². The van der Waals surface area contributed by atoms with E-state index in [2.05, 4.69) is 39.9 Å². The molecule has 0 atom stereocenters. The Balaban J connectivity index is 2.11. The smallest absolute Gasteiger partial charge is 0.179 e. The summed E-state index contributed by atoms with van der Waals surface area (Å²) >= 11 is 3.51. The summed E-state index contributed by atoms with van der Waals surface area (Å²) in [6, 6.07) is 4.51. The van der Waals surface area contributed by atoms with Crippen molar-refractivity contribution in [1.29, 1.82) is 0 Å². The Morgan fingerprint density at radius 1 is 1.29 bits per heavy atom. The molecule has 1 saturated carbocycles. The number of aliphatic hydroxyl groups excluding tert-OH is 1. The van der Waals surface area contributed by atoms with Gasteiger partial charge in [0.05, 0.1) is 0 Å². The van der Waals surface area contributed by atoms with E-state index in [9.17, 15) is 10.2 Å². The van der Waals surface area contributed by atoms with Gasteiger partial charge in [-0.2, -0.15) is 0 Å². The van der Waals surface area contributed by atoms with Crippen LogP contribution in [0.3, 0.4) is 0 Å². The Morgan fingerprint density at radius 3 is 2.62 bits per heavy atom. The van der Waals surface area contributed by atoms with Crippen LogP contribution in [0.2, 0.25) is 0 Å². The maximum absolute atomic E-state index is 9.70. The Hall–Kier alpha value is -0.840. The van der Waals surface area contributed by atoms with Crippen LogP contribution >= 0.6 is 15.9 Å². The molecule has 2 N–H and O–H groups in total. The normalized spacial score (nSPS) is 19.1. The standard InChI is InChI=1S/C17H22BrNO2/c1-2-11-7-14-15(17(20)21)8-12(18)9-16(14)19(10-11)13-5-3-4-6-13/h7-9,13,17,20-21H,2-6,10H2,1H3. The first-order valence-electron chi connectivity index (χ1n) is 7.75. The molecule has 114 valence electrons. The molecule has 4 heteroatoms. The van der Waals surface area contributed by atoms with Crippen molar-refractivity contribution in [3.05, 3.63) is 33.3 Å². The molecule has 0 amide bonds. The minimum absolute atomic E-state index is 0.581. The van der Waals surface area contributed by atoms with Crippen molar-refractivity contribution in [2.75, 3.05) is 11.4 Å². The van der Waals surface area contributed by atoms with Crippen LogP contribution in [-0.4, -0.2) is 22.8 Å². The minimum Gasteiger partial charge on any atom is -0.364 e. The Bertz CT molecular complexity index is 562. The van der Waals surface area contributed by atoms with E-state index < -0.39 is 6.29 Å². The summed E-state index contributed by atoms with van der Waals surface area (Å²) in [5.74, 6) is 0. The largest absolute Gasteiger partial charge is 0.364 e. The second-order valence-corrected chi connectivity index (χ2v) is 6.94. The first-order chi connectivity index (χ1) is 10.1. The van der Waals surface area contributed by atoms with Gasteiger partial charge in [0.15, 0.2) is 6.29 Å². The van der Waals surface area contributed by atoms with Gasteiger partial charge in [-0.15, -0.1) is 0 Å². The third-order valence-corrected chi connectivity index (χ3v) is 5.14. The van der Waals surface area contributed by atoms with Crippen molar-refractivity contribution in [3.8, 4) is 0 Å². The molecule has 1 heterocycles. The van der Waals surface area contributed by atoms with Gasteiger partial charge < -0.3 is 15.1 Å². The van der Waals surface area contributed by atoms with Crippen LogP contribution < -0.4 is 4.90 Å². The topological polar surface area (TPSA) is 43.7 Å². The van der Waals surface area contributed by atoms with E-state index in [1.54, 1.807) is 0 Å². The predicted molar refractivity (Wildman–Crippen MR) is 89.2 cm³/mol. The predicted octanol–water partition coefficient (Wildman–Crippen LogP) is 3.99. The Morgan fingerprint density at radius 2 is 2.00 bits per heavy atom. The van der Waals surface area contributed by atoms with Crippen molar-refractivity contribution in [1.82, 2.24) is 0 Å². The molecule has 3 nitrogen and oxygen atoms in total. The molecule has 1 fully saturated rings. The van der Waals surface area contributed by atoms with Crippen molar-refractivity contribution in [2.24, 2.45) is 0 Å². The first kappa shape index (κ1) is 15.1. The fraction of sp³-hybridized carbons (Fsp3) is 0.529. The molecule has 0 spiro atoms. The van der Waals surface area contributed by atoms with Crippen molar-refractivity contribution < 1.29 is 10.2 Å². The number of nitrogens with zero attached hydrogens (tertiary/aromatic N) is 1. The molecule has 0 unspecified atom stereocenters. The van der Waals surface area contributed by atoms with Gasteiger partial charge in [0.25, 0.3) is 0 Å². The van der Waals surface area contributed by atoms with Crippen LogP contribution in [0, 0.1) is 0 Å². The fourth-order valence-corrected chi connectivity index (χ4v) is 4.01. The number of benzene rings is 1. The molecule has 0 saturated heterocycles. The van der Waals surface area contributed by atoms with Crippen LogP contribution in [0.1, 0.15) is 56.4 Å². The number of anilines is 1. The Labute approximate surface area is 134 Å². The molecular weight excluding hydrogens is 330 g/mol. The average Bonchev–Trinajstić information content (AvgIpc) is 2.99. The van der Waals surface area contributed by atoms with E-state index in [1.807, 2.05) is 6.07 Å². The van der Waals surface area contributed by atoms with Crippen LogP contribution in [0.5, 0.6) is 0 Å². The summed E-state index contributed by atoms with van der Waals surface area (Å²) in [4.78, 5) is 2.47. The number of hydrogen-bond donors (Lipinski definition) is 2. The molecule has 0 aromatic heterocycles. The van der Waals surface area contributed by atoms with Gasteiger partial charge in [0, 0.05) is 33.9 Å². The summed E-state index contributed by atoms with van der Waals surface area (Å²) in [7, 11) is 0. The highest BCUT2D eigenvalue weighted by Crippen LogP contribution is 2.40. The molecule has 3 rings (SSSR count). The zero-order valence-corrected chi connectivity index (χ0v) is 13.9. The van der Waals surface area contributed by atoms with Gasteiger partial charge in [-0.25, -0.2) is 0 Å². The molecule has 0 bridgehead atoms. The van der Waals surface area contributed by atoms with Gasteiger partial charge in [-0.3, -0.25) is 0 Å². The van der Waals surface area contributed by atoms with E-state index in [-0.39, 0.29) is 0 Å². The quantitative estimate of drug-likeness (QED) is 0.809. The summed E-state index contributed by atoms with van der Waals surface area (Å²) in [5, 5.41) is 19.4. The molecule has 1 aliphatic carbocycles. The second kappa shape index (κ2) is 6.11. The van der Waals surface area contributed by atoms with E-state index in [4.69, 9.17) is 0 Å². The number of fused-ring (bicyclic) bond motifs is 1. The fourth-order valence-electron chi connectivity index (χ4n) is 3.54. The lowest BCUT2D eigenvalue weighted by molar-refractivity contribution is -0.0426. The van der Waals surface area contributed by atoms with Gasteiger partial charge >= 0.3 is 0 Å². The summed E-state index contributed by atoms with van der Waals surface area (Å²) in [6.07, 6.45) is 6.77. The molecule has 2 aliphatic rings. The molecule has 21 heavy (non-hydrogen) atoms. The monoisotopic (exact) mass is 351 g/mol. The molecule has 1 aliphatic heterocycles. The number of halogens is 1. The van der Waals surface area contributed by atoms with E-state index in [1.165, 1.54) is 31.3 Å². The lowest BCUT2D eigenvalue weighted by Crippen LogP contribution is -2.37. The van der Waals surface area contributed by atoms with Gasteiger partial charge in [0.2, 0.25) is 0 Å². The van der Waals surface area contributed by atoms with Crippen LogP contribution in [0.4, 0.5) is 5.69 Å². The van der Waals surface area contributed by atoms with Gasteiger partial charge in [-0.05, 0) is 31.4 Å². The highest BCUT2D eigenvalue weighted by Gasteiger charge is 2.29. The Kier molecular flexibility index (Phi) is 4.38. The molecule has 1 aromatic rings. The number of aliphatic hydroxyl groups is 2. The molecule has 0 radical (unpaired) electrons. The summed E-state index contributed by atoms with van der Waals surface area (Å²) < 4.78 is 0.903. The first-order valence-corrected chi connectivity index (χ1v) is 8.55. The van der Waals surface area contributed by atoms with Crippen LogP contribution in [0.25, 0.3) is 6.08 Å². The van der Waals surface area contributed by atoms with Gasteiger partial charge in [-0.1, -0.05) is 47.3 Å². The third-order valence-electron chi connectivity index (χ3n) is 4.68. The molecule has 1 aromatic carbocycles.